The van der Waals surface area contributed by atoms with E-state index >= 15 is 0 Å². The van der Waals surface area contributed by atoms with Gasteiger partial charge in [0.15, 0.2) is 0 Å². The normalized spacial score (nSPS) is 18.8. The minimum absolute atomic E-state index is 0.130. The molecule has 30 heavy (non-hydrogen) atoms. The van der Waals surface area contributed by atoms with Crippen molar-refractivity contribution >= 4 is 23.8 Å². The molecule has 4 amide bonds. The molecule has 1 aliphatic heterocycles. The average Bonchev–Trinajstić information content (AvgIpc) is 3.06. The SMILES string of the molecule is CC(C)C[C@H](NC(=O)[C@@H](NC(=O)OC(C)(C)C)C(C)C)C(=O)N1CCC[C@H]1C(N)=O. The van der Waals surface area contributed by atoms with Crippen LogP contribution in [-0.2, 0) is 19.1 Å². The lowest BCUT2D eigenvalue weighted by molar-refractivity contribution is -0.141. The number of nitrogens with one attached hydrogen (secondary N) is 2. The Morgan fingerprint density at radius 3 is 2.17 bits per heavy atom. The van der Waals surface area contributed by atoms with E-state index in [2.05, 4.69) is 10.6 Å². The second-order valence-electron chi connectivity index (χ2n) is 9.65. The summed E-state index contributed by atoms with van der Waals surface area (Å²) in [6.45, 7) is 13.1. The third-order valence-corrected chi connectivity index (χ3v) is 4.81. The van der Waals surface area contributed by atoms with Gasteiger partial charge in [0, 0.05) is 6.54 Å². The molecule has 0 saturated carbocycles. The van der Waals surface area contributed by atoms with Crippen molar-refractivity contribution in [3.8, 4) is 0 Å². The number of nitrogens with two attached hydrogens (primary N) is 1. The van der Waals surface area contributed by atoms with Gasteiger partial charge in [-0.1, -0.05) is 27.7 Å². The summed E-state index contributed by atoms with van der Waals surface area (Å²) >= 11 is 0. The smallest absolute Gasteiger partial charge is 0.408 e. The number of rotatable bonds is 8. The Morgan fingerprint density at radius 1 is 1.10 bits per heavy atom. The Balaban J connectivity index is 2.95. The van der Waals surface area contributed by atoms with Crippen molar-refractivity contribution in [2.75, 3.05) is 6.54 Å². The van der Waals surface area contributed by atoms with Gasteiger partial charge < -0.3 is 26.0 Å². The Morgan fingerprint density at radius 2 is 1.70 bits per heavy atom. The summed E-state index contributed by atoms with van der Waals surface area (Å²) < 4.78 is 5.25. The standard InChI is InChI=1S/C21H38N4O5/c1-12(2)11-14(19(28)25-10-8-9-15(25)17(22)26)23-18(27)16(13(3)4)24-20(29)30-21(5,6)7/h12-16H,8-11H2,1-7H3,(H2,22,26)(H,23,27)(H,24,29)/t14-,15-,16-/m0/s1. The summed E-state index contributed by atoms with van der Waals surface area (Å²) in [6.07, 6.45) is 0.926. The highest BCUT2D eigenvalue weighted by Gasteiger charge is 2.38. The van der Waals surface area contributed by atoms with Crippen LogP contribution < -0.4 is 16.4 Å². The quantitative estimate of drug-likeness (QED) is 0.542. The van der Waals surface area contributed by atoms with Crippen LogP contribution in [0.5, 0.6) is 0 Å². The molecule has 0 aromatic carbocycles. The van der Waals surface area contributed by atoms with Gasteiger partial charge in [0.2, 0.25) is 17.7 Å². The summed E-state index contributed by atoms with van der Waals surface area (Å²) in [6, 6.07) is -2.32. The first-order chi connectivity index (χ1) is 13.7. The van der Waals surface area contributed by atoms with Crippen LogP contribution in [0.15, 0.2) is 0 Å². The van der Waals surface area contributed by atoms with Gasteiger partial charge in [0.05, 0.1) is 0 Å². The number of likely N-dealkylation sites (tertiary alicyclic amines) is 1. The van der Waals surface area contributed by atoms with Gasteiger partial charge in [-0.15, -0.1) is 0 Å². The van der Waals surface area contributed by atoms with Gasteiger partial charge in [-0.3, -0.25) is 14.4 Å². The molecule has 3 atom stereocenters. The lowest BCUT2D eigenvalue weighted by Gasteiger charge is -2.31. The van der Waals surface area contributed by atoms with Gasteiger partial charge in [-0.25, -0.2) is 4.79 Å². The topological polar surface area (TPSA) is 131 Å². The molecule has 1 fully saturated rings. The molecule has 1 aliphatic rings. The molecule has 0 unspecified atom stereocenters. The van der Waals surface area contributed by atoms with E-state index in [0.29, 0.717) is 25.8 Å². The minimum atomic E-state index is -0.868. The zero-order valence-corrected chi connectivity index (χ0v) is 19.3. The number of primary amides is 1. The molecule has 0 aliphatic carbocycles. The van der Waals surface area contributed by atoms with Gasteiger partial charge in [-0.05, 0) is 51.9 Å². The van der Waals surface area contributed by atoms with E-state index in [4.69, 9.17) is 10.5 Å². The van der Waals surface area contributed by atoms with Crippen molar-refractivity contribution in [1.29, 1.82) is 0 Å². The van der Waals surface area contributed by atoms with Crippen LogP contribution in [0.2, 0.25) is 0 Å². The molecule has 1 saturated heterocycles. The van der Waals surface area contributed by atoms with Gasteiger partial charge >= 0.3 is 6.09 Å². The summed E-state index contributed by atoms with van der Waals surface area (Å²) in [5.41, 5.74) is 4.74. The van der Waals surface area contributed by atoms with Crippen LogP contribution in [0.4, 0.5) is 4.79 Å². The van der Waals surface area contributed by atoms with Crippen LogP contribution in [0.3, 0.4) is 0 Å². The van der Waals surface area contributed by atoms with E-state index in [-0.39, 0.29) is 17.7 Å². The zero-order valence-electron chi connectivity index (χ0n) is 19.3. The number of carbonyl (C=O) groups excluding carboxylic acids is 4. The van der Waals surface area contributed by atoms with Crippen molar-refractivity contribution in [3.63, 3.8) is 0 Å². The van der Waals surface area contributed by atoms with Gasteiger partial charge in [0.25, 0.3) is 0 Å². The molecule has 0 spiro atoms. The van der Waals surface area contributed by atoms with Crippen molar-refractivity contribution in [2.24, 2.45) is 17.6 Å². The zero-order chi connectivity index (χ0) is 23.2. The molecule has 0 aromatic heterocycles. The number of ether oxygens (including phenoxy) is 1. The maximum absolute atomic E-state index is 13.1. The molecule has 1 rings (SSSR count). The van der Waals surface area contributed by atoms with Crippen LogP contribution in [-0.4, -0.2) is 59.0 Å². The number of carbonyl (C=O) groups is 4. The van der Waals surface area contributed by atoms with Gasteiger partial charge in [-0.2, -0.15) is 0 Å². The summed E-state index contributed by atoms with van der Waals surface area (Å²) in [5, 5.41) is 5.38. The predicted molar refractivity (Wildman–Crippen MR) is 113 cm³/mol. The molecule has 0 bridgehead atoms. The number of hydrogen-bond acceptors (Lipinski definition) is 5. The Hall–Kier alpha value is -2.32. The van der Waals surface area contributed by atoms with Crippen molar-refractivity contribution in [2.45, 2.75) is 91.5 Å². The fraction of sp³-hybridized carbons (Fsp3) is 0.810. The molecular formula is C21H38N4O5. The van der Waals surface area contributed by atoms with Crippen molar-refractivity contribution in [3.05, 3.63) is 0 Å². The maximum Gasteiger partial charge on any atom is 0.408 e. The lowest BCUT2D eigenvalue weighted by atomic mass is 9.99. The van der Waals surface area contributed by atoms with Crippen LogP contribution in [0, 0.1) is 11.8 Å². The van der Waals surface area contributed by atoms with E-state index in [1.165, 1.54) is 4.90 Å². The highest BCUT2D eigenvalue weighted by atomic mass is 16.6. The van der Waals surface area contributed by atoms with Crippen molar-refractivity contribution < 1.29 is 23.9 Å². The number of amides is 4. The lowest BCUT2D eigenvalue weighted by Crippen LogP contribution is -2.57. The summed E-state index contributed by atoms with van der Waals surface area (Å²) in [7, 11) is 0. The van der Waals surface area contributed by atoms with E-state index in [9.17, 15) is 19.2 Å². The molecule has 0 aromatic rings. The molecule has 9 nitrogen and oxygen atoms in total. The first-order valence-corrected chi connectivity index (χ1v) is 10.6. The van der Waals surface area contributed by atoms with Gasteiger partial charge in [0.1, 0.15) is 23.7 Å². The van der Waals surface area contributed by atoms with E-state index in [1.807, 2.05) is 13.8 Å². The fourth-order valence-corrected chi connectivity index (χ4v) is 3.45. The highest BCUT2D eigenvalue weighted by Crippen LogP contribution is 2.20. The maximum atomic E-state index is 13.1. The van der Waals surface area contributed by atoms with E-state index in [1.54, 1.807) is 34.6 Å². The van der Waals surface area contributed by atoms with Crippen LogP contribution in [0.25, 0.3) is 0 Å². The number of alkyl carbamates (subject to hydrolysis) is 1. The van der Waals surface area contributed by atoms with E-state index < -0.39 is 41.6 Å². The molecule has 0 radical (unpaired) electrons. The predicted octanol–water partition coefficient (Wildman–Crippen LogP) is 1.54. The van der Waals surface area contributed by atoms with Crippen LogP contribution in [0.1, 0.15) is 67.7 Å². The molecule has 4 N–H and O–H groups in total. The third-order valence-electron chi connectivity index (χ3n) is 4.81. The third kappa shape index (κ3) is 7.84. The Bertz CT molecular complexity index is 642. The first kappa shape index (κ1) is 25.7. The molecular weight excluding hydrogens is 388 g/mol. The largest absolute Gasteiger partial charge is 0.444 e. The van der Waals surface area contributed by atoms with Crippen LogP contribution >= 0.6 is 0 Å². The summed E-state index contributed by atoms with van der Waals surface area (Å²) in [4.78, 5) is 51.4. The minimum Gasteiger partial charge on any atom is -0.444 e. The molecule has 172 valence electrons. The molecule has 1 heterocycles. The van der Waals surface area contributed by atoms with Crippen molar-refractivity contribution in [1.82, 2.24) is 15.5 Å². The monoisotopic (exact) mass is 426 g/mol. The highest BCUT2D eigenvalue weighted by molar-refractivity contribution is 5.94. The number of hydrogen-bond donors (Lipinski definition) is 3. The fourth-order valence-electron chi connectivity index (χ4n) is 3.45. The average molecular weight is 427 g/mol. The Labute approximate surface area is 179 Å². The summed E-state index contributed by atoms with van der Waals surface area (Å²) in [5.74, 6) is -1.42. The second kappa shape index (κ2) is 10.6. The van der Waals surface area contributed by atoms with E-state index in [0.717, 1.165) is 0 Å². The number of nitrogens with zero attached hydrogens (tertiary/aromatic N) is 1. The second-order valence-corrected chi connectivity index (χ2v) is 9.65. The molecule has 9 heteroatoms. The Kier molecular flexibility index (Phi) is 9.11. The first-order valence-electron chi connectivity index (χ1n) is 10.6.